The van der Waals surface area contributed by atoms with Gasteiger partial charge in [-0.05, 0) is 25.3 Å². The predicted octanol–water partition coefficient (Wildman–Crippen LogP) is 0.410. The van der Waals surface area contributed by atoms with Crippen molar-refractivity contribution < 1.29 is 8.42 Å². The lowest BCUT2D eigenvalue weighted by molar-refractivity contribution is 0.447. The van der Waals surface area contributed by atoms with E-state index < -0.39 is 10.0 Å². The molecule has 0 amide bonds. The molecule has 5 heteroatoms. The number of nitrogens with zero attached hydrogens (tertiary/aromatic N) is 1. The predicted molar refractivity (Wildman–Crippen MR) is 60.2 cm³/mol. The van der Waals surface area contributed by atoms with Gasteiger partial charge in [0.1, 0.15) is 0 Å². The van der Waals surface area contributed by atoms with Gasteiger partial charge in [-0.15, -0.1) is 0 Å². The minimum atomic E-state index is -2.97. The minimum Gasteiger partial charge on any atom is -0.312 e. The standard InChI is InChI=1S/C10H20N2O2S/c1-2-3-6-15(13,14)12-7-9-4-5-11-10(9)8-12/h9-11H,2-8H2,1H3/t9-,10+/m0/s1. The number of hydrogen-bond donors (Lipinski definition) is 1. The number of fused-ring (bicyclic) bond motifs is 1. The second kappa shape index (κ2) is 4.39. The first-order chi connectivity index (χ1) is 7.13. The molecule has 0 aromatic carbocycles. The average Bonchev–Trinajstić information content (AvgIpc) is 2.73. The van der Waals surface area contributed by atoms with Crippen LogP contribution in [0.5, 0.6) is 0 Å². The highest BCUT2D eigenvalue weighted by molar-refractivity contribution is 7.89. The summed E-state index contributed by atoms with van der Waals surface area (Å²) in [7, 11) is -2.97. The third-order valence-electron chi connectivity index (χ3n) is 3.48. The first-order valence-electron chi connectivity index (χ1n) is 5.84. The summed E-state index contributed by atoms with van der Waals surface area (Å²) in [5.74, 6) is 0.879. The van der Waals surface area contributed by atoms with Crippen LogP contribution >= 0.6 is 0 Å². The summed E-state index contributed by atoms with van der Waals surface area (Å²) in [4.78, 5) is 0. The maximum absolute atomic E-state index is 11.9. The van der Waals surface area contributed by atoms with E-state index >= 15 is 0 Å². The molecule has 4 nitrogen and oxygen atoms in total. The maximum atomic E-state index is 11.9. The van der Waals surface area contributed by atoms with Crippen molar-refractivity contribution in [3.05, 3.63) is 0 Å². The highest BCUT2D eigenvalue weighted by atomic mass is 32.2. The molecule has 2 rings (SSSR count). The van der Waals surface area contributed by atoms with Crippen molar-refractivity contribution in [2.45, 2.75) is 32.2 Å². The number of rotatable bonds is 4. The fraction of sp³-hybridized carbons (Fsp3) is 1.00. The Morgan fingerprint density at radius 2 is 2.20 bits per heavy atom. The molecule has 0 aromatic rings. The van der Waals surface area contributed by atoms with Crippen molar-refractivity contribution in [3.8, 4) is 0 Å². The van der Waals surface area contributed by atoms with Crippen molar-refractivity contribution >= 4 is 10.0 Å². The lowest BCUT2D eigenvalue weighted by Gasteiger charge is -2.16. The minimum absolute atomic E-state index is 0.322. The second-order valence-electron chi connectivity index (χ2n) is 4.60. The van der Waals surface area contributed by atoms with Crippen molar-refractivity contribution in [3.63, 3.8) is 0 Å². The van der Waals surface area contributed by atoms with Crippen molar-refractivity contribution in [2.24, 2.45) is 5.92 Å². The molecule has 2 aliphatic heterocycles. The molecular weight excluding hydrogens is 212 g/mol. The third kappa shape index (κ3) is 2.34. The van der Waals surface area contributed by atoms with E-state index in [-0.39, 0.29) is 0 Å². The molecule has 0 unspecified atom stereocenters. The lowest BCUT2D eigenvalue weighted by atomic mass is 10.1. The molecule has 0 aliphatic carbocycles. The smallest absolute Gasteiger partial charge is 0.214 e. The van der Waals surface area contributed by atoms with Gasteiger partial charge in [-0.3, -0.25) is 0 Å². The van der Waals surface area contributed by atoms with Gasteiger partial charge in [0.15, 0.2) is 0 Å². The molecule has 0 aromatic heterocycles. The van der Waals surface area contributed by atoms with Crippen LogP contribution in [-0.2, 0) is 10.0 Å². The SMILES string of the molecule is CCCCS(=O)(=O)N1C[C@@H]2CCN[C@@H]2C1. The summed E-state index contributed by atoms with van der Waals surface area (Å²) in [6, 6.07) is 0.418. The van der Waals surface area contributed by atoms with Gasteiger partial charge in [-0.25, -0.2) is 12.7 Å². The van der Waals surface area contributed by atoms with Crippen LogP contribution in [-0.4, -0.2) is 44.2 Å². The van der Waals surface area contributed by atoms with Crippen LogP contribution in [0.25, 0.3) is 0 Å². The van der Waals surface area contributed by atoms with E-state index in [9.17, 15) is 8.42 Å². The Balaban J connectivity index is 1.95. The highest BCUT2D eigenvalue weighted by Crippen LogP contribution is 2.26. The zero-order chi connectivity index (χ0) is 10.9. The molecule has 15 heavy (non-hydrogen) atoms. The largest absolute Gasteiger partial charge is 0.312 e. The topological polar surface area (TPSA) is 49.4 Å². The number of unbranched alkanes of at least 4 members (excludes halogenated alkanes) is 1. The van der Waals surface area contributed by atoms with Crippen LogP contribution in [0.4, 0.5) is 0 Å². The Kier molecular flexibility index (Phi) is 3.33. The zero-order valence-corrected chi connectivity index (χ0v) is 10.1. The van der Waals surface area contributed by atoms with E-state index in [0.29, 0.717) is 24.3 Å². The number of hydrogen-bond acceptors (Lipinski definition) is 3. The molecule has 2 aliphatic rings. The fourth-order valence-electron chi connectivity index (χ4n) is 2.49. The molecule has 2 saturated heterocycles. The van der Waals surface area contributed by atoms with Crippen molar-refractivity contribution in [1.82, 2.24) is 9.62 Å². The Labute approximate surface area is 92.1 Å². The van der Waals surface area contributed by atoms with Gasteiger partial charge < -0.3 is 5.32 Å². The van der Waals surface area contributed by atoms with Crippen LogP contribution in [0.2, 0.25) is 0 Å². The van der Waals surface area contributed by atoms with E-state index in [1.807, 2.05) is 6.92 Å². The van der Waals surface area contributed by atoms with E-state index in [4.69, 9.17) is 0 Å². The molecule has 0 spiro atoms. The van der Waals surface area contributed by atoms with Gasteiger partial charge >= 0.3 is 0 Å². The molecular formula is C10H20N2O2S. The second-order valence-corrected chi connectivity index (χ2v) is 6.68. The first kappa shape index (κ1) is 11.4. The van der Waals surface area contributed by atoms with E-state index in [1.165, 1.54) is 0 Å². The summed E-state index contributed by atoms with van der Waals surface area (Å²) in [6.45, 7) is 4.51. The van der Waals surface area contributed by atoms with E-state index in [1.54, 1.807) is 4.31 Å². The van der Waals surface area contributed by atoms with Crippen molar-refractivity contribution in [1.29, 1.82) is 0 Å². The summed E-state index contributed by atoms with van der Waals surface area (Å²) in [5.41, 5.74) is 0. The zero-order valence-electron chi connectivity index (χ0n) is 9.28. The third-order valence-corrected chi connectivity index (χ3v) is 5.37. The number of sulfonamides is 1. The van der Waals surface area contributed by atoms with Gasteiger partial charge in [-0.2, -0.15) is 0 Å². The van der Waals surface area contributed by atoms with Gasteiger partial charge in [-0.1, -0.05) is 13.3 Å². The molecule has 0 saturated carbocycles. The summed E-state index contributed by atoms with van der Waals surface area (Å²) < 4.78 is 25.5. The number of nitrogens with one attached hydrogen (secondary N) is 1. The van der Waals surface area contributed by atoms with Gasteiger partial charge in [0.2, 0.25) is 10.0 Å². The average molecular weight is 232 g/mol. The molecule has 0 radical (unpaired) electrons. The Bertz CT molecular complexity index is 303. The van der Waals surface area contributed by atoms with Crippen LogP contribution in [0.3, 0.4) is 0 Å². The van der Waals surface area contributed by atoms with Crippen molar-refractivity contribution in [2.75, 3.05) is 25.4 Å². The highest BCUT2D eigenvalue weighted by Gasteiger charge is 2.40. The van der Waals surface area contributed by atoms with Gasteiger partial charge in [0, 0.05) is 19.1 Å². The molecule has 2 fully saturated rings. The van der Waals surface area contributed by atoms with Crippen LogP contribution in [0, 0.1) is 5.92 Å². The molecule has 2 atom stereocenters. The van der Waals surface area contributed by atoms with Gasteiger partial charge in [0.25, 0.3) is 0 Å². The molecule has 1 N–H and O–H groups in total. The van der Waals surface area contributed by atoms with Crippen LogP contribution < -0.4 is 5.32 Å². The first-order valence-corrected chi connectivity index (χ1v) is 7.45. The summed E-state index contributed by atoms with van der Waals surface area (Å²) in [6.07, 6.45) is 2.85. The monoisotopic (exact) mass is 232 g/mol. The summed E-state index contributed by atoms with van der Waals surface area (Å²) in [5, 5.41) is 3.37. The van der Waals surface area contributed by atoms with E-state index in [0.717, 1.165) is 32.4 Å². The lowest BCUT2D eigenvalue weighted by Crippen LogP contribution is -2.35. The summed E-state index contributed by atoms with van der Waals surface area (Å²) >= 11 is 0. The Hall–Kier alpha value is -0.130. The van der Waals surface area contributed by atoms with E-state index in [2.05, 4.69) is 5.32 Å². The molecule has 0 bridgehead atoms. The molecule has 2 heterocycles. The quantitative estimate of drug-likeness (QED) is 0.764. The fourth-order valence-corrected chi connectivity index (χ4v) is 4.21. The maximum Gasteiger partial charge on any atom is 0.214 e. The normalized spacial score (nSPS) is 32.1. The molecule has 88 valence electrons. The Morgan fingerprint density at radius 3 is 2.87 bits per heavy atom. The van der Waals surface area contributed by atoms with Crippen LogP contribution in [0.1, 0.15) is 26.2 Å². The van der Waals surface area contributed by atoms with Crippen LogP contribution in [0.15, 0.2) is 0 Å². The Morgan fingerprint density at radius 1 is 1.40 bits per heavy atom. The van der Waals surface area contributed by atoms with Gasteiger partial charge in [0.05, 0.1) is 5.75 Å².